The van der Waals surface area contributed by atoms with Gasteiger partial charge in [0.05, 0.1) is 18.2 Å². The lowest BCUT2D eigenvalue weighted by Gasteiger charge is -2.47. The standard InChI is InChI=1S/C29H33FN2O4.H2O4S/c1-3-35-29(34)32-23-10-11-24-20(14-23)15-26-27(17(2)36-28(26)33)25(24)12-9-22-8-7-19(16-31-22)18-5-4-6-21(30)13-18;1-5(2,3)4/h4-9,12-13,16-17,20,23-27H,3,10-11,14-15H2,1-2H3,(H,32,34);(H2,1,2,3,4)/b12-9+;/t17-,20+,23-,24-,25+,26-,27+;/m0./s1. The minimum atomic E-state index is -4.67. The molecule has 0 radical (unpaired) electrons. The molecular weight excluding hydrogens is 555 g/mol. The maximum Gasteiger partial charge on any atom is 0.407 e. The second kappa shape index (κ2) is 13.1. The molecule has 2 heterocycles. The normalized spacial score (nSPS) is 29.0. The van der Waals surface area contributed by atoms with Crippen molar-refractivity contribution < 1.29 is 41.0 Å². The molecule has 0 unspecified atom stereocenters. The predicted octanol–water partition coefficient (Wildman–Crippen LogP) is 4.98. The monoisotopic (exact) mass is 590 g/mol. The van der Waals surface area contributed by atoms with Crippen molar-refractivity contribution in [2.45, 2.75) is 51.7 Å². The zero-order valence-corrected chi connectivity index (χ0v) is 23.7. The molecule has 3 N–H and O–H groups in total. The number of carbonyl (C=O) groups excluding carboxylic acids is 2. The number of benzene rings is 1. The Morgan fingerprint density at radius 2 is 1.95 bits per heavy atom. The van der Waals surface area contributed by atoms with Gasteiger partial charge in [0, 0.05) is 23.7 Å². The van der Waals surface area contributed by atoms with Crippen molar-refractivity contribution in [3.8, 4) is 11.1 Å². The third-order valence-electron chi connectivity index (χ3n) is 8.18. The van der Waals surface area contributed by atoms with Gasteiger partial charge in [-0.15, -0.1) is 0 Å². The second-order valence-electron chi connectivity index (χ2n) is 10.7. The first-order valence-corrected chi connectivity index (χ1v) is 15.1. The molecule has 3 aliphatic rings. The summed E-state index contributed by atoms with van der Waals surface area (Å²) in [6, 6.07) is 10.4. The van der Waals surface area contributed by atoms with Gasteiger partial charge >= 0.3 is 22.5 Å². The molecule has 1 aliphatic heterocycles. The molecule has 1 aromatic heterocycles. The van der Waals surface area contributed by atoms with Crippen LogP contribution < -0.4 is 5.32 Å². The molecule has 10 nitrogen and oxygen atoms in total. The van der Waals surface area contributed by atoms with Crippen LogP contribution in [-0.4, -0.2) is 53.3 Å². The number of halogens is 1. The van der Waals surface area contributed by atoms with Crippen molar-refractivity contribution >= 4 is 28.5 Å². The first-order valence-electron chi connectivity index (χ1n) is 13.7. The number of esters is 1. The maximum absolute atomic E-state index is 13.6. The number of alkyl carbamates (subject to hydrolysis) is 1. The molecule has 12 heteroatoms. The number of amides is 1. The lowest BCUT2D eigenvalue weighted by atomic mass is 9.57. The summed E-state index contributed by atoms with van der Waals surface area (Å²) in [6.45, 7) is 4.15. The Morgan fingerprint density at radius 1 is 1.20 bits per heavy atom. The van der Waals surface area contributed by atoms with Gasteiger partial charge in [-0.1, -0.05) is 24.3 Å². The SMILES string of the molecule is CCOC(=O)N[C@H]1CC[C@H]2[C@H](C1)C[C@@H]1C(=O)O[C@@H](C)[C@@H]1[C@@H]2/C=C/c1ccc(-c2cccc(F)c2)cn1.O=S(=O)(O)O. The minimum absolute atomic E-state index is 0.0679. The molecule has 2 aromatic rings. The van der Waals surface area contributed by atoms with Gasteiger partial charge < -0.3 is 14.8 Å². The van der Waals surface area contributed by atoms with Gasteiger partial charge in [0.1, 0.15) is 11.9 Å². The molecule has 5 rings (SSSR count). The highest BCUT2D eigenvalue weighted by Crippen LogP contribution is 2.53. The summed E-state index contributed by atoms with van der Waals surface area (Å²) >= 11 is 0. The van der Waals surface area contributed by atoms with E-state index in [-0.39, 0.29) is 47.8 Å². The fourth-order valence-corrected chi connectivity index (χ4v) is 6.64. The molecule has 41 heavy (non-hydrogen) atoms. The van der Waals surface area contributed by atoms with Crippen LogP contribution in [0.5, 0.6) is 0 Å². The van der Waals surface area contributed by atoms with E-state index < -0.39 is 10.4 Å². The largest absolute Gasteiger partial charge is 0.462 e. The highest BCUT2D eigenvalue weighted by Gasteiger charge is 2.54. The highest BCUT2D eigenvalue weighted by molar-refractivity contribution is 7.79. The van der Waals surface area contributed by atoms with E-state index >= 15 is 0 Å². The number of nitrogens with zero attached hydrogens (tertiary/aromatic N) is 1. The topological polar surface area (TPSA) is 152 Å². The third kappa shape index (κ3) is 8.11. The molecule has 0 spiro atoms. The van der Waals surface area contributed by atoms with Crippen molar-refractivity contribution in [1.29, 1.82) is 0 Å². The van der Waals surface area contributed by atoms with E-state index in [1.54, 1.807) is 19.2 Å². The number of fused-ring (bicyclic) bond motifs is 2. The lowest BCUT2D eigenvalue weighted by molar-refractivity contribution is -0.144. The number of allylic oxidation sites excluding steroid dienone is 1. The smallest absolute Gasteiger partial charge is 0.407 e. The van der Waals surface area contributed by atoms with E-state index in [4.69, 9.17) is 27.0 Å². The average molecular weight is 591 g/mol. The fourth-order valence-electron chi connectivity index (χ4n) is 6.64. The van der Waals surface area contributed by atoms with E-state index in [1.807, 2.05) is 31.2 Å². The van der Waals surface area contributed by atoms with Crippen LogP contribution in [0.1, 0.15) is 45.2 Å². The molecule has 2 saturated carbocycles. The molecule has 2 aliphatic carbocycles. The van der Waals surface area contributed by atoms with E-state index in [0.717, 1.165) is 42.5 Å². The summed E-state index contributed by atoms with van der Waals surface area (Å²) in [7, 11) is -4.67. The van der Waals surface area contributed by atoms with E-state index in [1.165, 1.54) is 12.1 Å². The number of rotatable bonds is 5. The van der Waals surface area contributed by atoms with E-state index in [9.17, 15) is 14.0 Å². The number of carbonyl (C=O) groups is 2. The van der Waals surface area contributed by atoms with Crippen LogP contribution in [0.2, 0.25) is 0 Å². The Labute approximate surface area is 238 Å². The van der Waals surface area contributed by atoms with Crippen LogP contribution in [0.3, 0.4) is 0 Å². The Balaban J connectivity index is 0.000000714. The quantitative estimate of drug-likeness (QED) is 0.323. The Kier molecular flexibility index (Phi) is 9.77. The summed E-state index contributed by atoms with van der Waals surface area (Å²) < 4.78 is 55.9. The van der Waals surface area contributed by atoms with Crippen molar-refractivity contribution in [1.82, 2.24) is 10.3 Å². The van der Waals surface area contributed by atoms with E-state index in [0.29, 0.717) is 18.4 Å². The van der Waals surface area contributed by atoms with Gasteiger partial charge in [0.25, 0.3) is 0 Å². The maximum atomic E-state index is 13.6. The number of hydrogen-bond acceptors (Lipinski definition) is 7. The summed E-state index contributed by atoms with van der Waals surface area (Å²) in [5.41, 5.74) is 2.48. The van der Waals surface area contributed by atoms with Crippen molar-refractivity contribution in [3.05, 3.63) is 60.2 Å². The van der Waals surface area contributed by atoms with Gasteiger partial charge in [0.15, 0.2) is 0 Å². The molecule has 1 saturated heterocycles. The first kappa shape index (κ1) is 30.6. The zero-order chi connectivity index (χ0) is 29.7. The zero-order valence-electron chi connectivity index (χ0n) is 22.9. The second-order valence-corrected chi connectivity index (χ2v) is 11.6. The molecule has 1 aromatic carbocycles. The Hall–Kier alpha value is -3.35. The molecule has 7 atom stereocenters. The summed E-state index contributed by atoms with van der Waals surface area (Å²) in [5, 5.41) is 3.00. The minimum Gasteiger partial charge on any atom is -0.462 e. The Bertz CT molecular complexity index is 1360. The van der Waals surface area contributed by atoms with Crippen LogP contribution >= 0.6 is 0 Å². The number of hydrogen-bond donors (Lipinski definition) is 3. The third-order valence-corrected chi connectivity index (χ3v) is 8.18. The van der Waals surface area contributed by atoms with Crippen LogP contribution in [-0.2, 0) is 24.7 Å². The molecule has 222 valence electrons. The number of aromatic nitrogens is 1. The van der Waals surface area contributed by atoms with Gasteiger partial charge in [-0.2, -0.15) is 8.42 Å². The highest BCUT2D eigenvalue weighted by atomic mass is 32.3. The molecule has 0 bridgehead atoms. The molecule has 3 fully saturated rings. The number of nitrogens with one attached hydrogen (secondary N) is 1. The van der Waals surface area contributed by atoms with Crippen LogP contribution in [0, 0.1) is 35.4 Å². The number of cyclic esters (lactones) is 1. The van der Waals surface area contributed by atoms with E-state index in [2.05, 4.69) is 16.4 Å². The molecule has 1 amide bonds. The Morgan fingerprint density at radius 3 is 2.61 bits per heavy atom. The number of pyridine rings is 1. The average Bonchev–Trinajstić information content (AvgIpc) is 3.18. The molecular formula is C29H35FN2O8S. The predicted molar refractivity (Wildman–Crippen MR) is 148 cm³/mol. The summed E-state index contributed by atoms with van der Waals surface area (Å²) in [4.78, 5) is 29.2. The number of ether oxygens (including phenoxy) is 2. The fraction of sp³-hybridized carbons (Fsp3) is 0.483. The summed E-state index contributed by atoms with van der Waals surface area (Å²) in [5.74, 6) is 0.629. The lowest BCUT2D eigenvalue weighted by Crippen LogP contribution is -2.48. The van der Waals surface area contributed by atoms with Crippen LogP contribution in [0.4, 0.5) is 9.18 Å². The van der Waals surface area contributed by atoms with Crippen molar-refractivity contribution in [2.75, 3.05) is 6.61 Å². The van der Waals surface area contributed by atoms with Gasteiger partial charge in [-0.05, 0) is 87.1 Å². The summed E-state index contributed by atoms with van der Waals surface area (Å²) in [6.07, 6.45) is 9.07. The van der Waals surface area contributed by atoms with Gasteiger partial charge in [-0.25, -0.2) is 9.18 Å². The first-order chi connectivity index (χ1) is 19.4. The van der Waals surface area contributed by atoms with Crippen LogP contribution in [0.15, 0.2) is 48.7 Å². The van der Waals surface area contributed by atoms with Crippen LogP contribution in [0.25, 0.3) is 17.2 Å². The van der Waals surface area contributed by atoms with Crippen molar-refractivity contribution in [3.63, 3.8) is 0 Å². The van der Waals surface area contributed by atoms with Crippen molar-refractivity contribution in [2.24, 2.45) is 29.6 Å². The van der Waals surface area contributed by atoms with Gasteiger partial charge in [0.2, 0.25) is 0 Å². The van der Waals surface area contributed by atoms with Gasteiger partial charge in [-0.3, -0.25) is 18.9 Å².